The molecule has 0 aliphatic rings. The molecule has 0 amide bonds. The van der Waals surface area contributed by atoms with Crippen LogP contribution in [-0.4, -0.2) is 19.3 Å². The molecule has 0 radical (unpaired) electrons. The molecule has 1 atom stereocenters. The zero-order chi connectivity index (χ0) is 10.9. The maximum absolute atomic E-state index is 5.67. The first-order valence-corrected chi connectivity index (χ1v) is 5.62. The molecule has 2 nitrogen and oxygen atoms in total. The van der Waals surface area contributed by atoms with Crippen molar-refractivity contribution in [1.82, 2.24) is 0 Å². The van der Waals surface area contributed by atoms with E-state index in [1.165, 1.54) is 6.42 Å². The molecule has 0 aromatic heterocycles. The van der Waals surface area contributed by atoms with Gasteiger partial charge in [-0.1, -0.05) is 31.5 Å². The van der Waals surface area contributed by atoms with Gasteiger partial charge in [0.25, 0.3) is 0 Å². The third-order valence-electron chi connectivity index (χ3n) is 2.08. The summed E-state index contributed by atoms with van der Waals surface area (Å²) in [5.41, 5.74) is 0. The van der Waals surface area contributed by atoms with Gasteiger partial charge < -0.3 is 9.47 Å². The van der Waals surface area contributed by atoms with Crippen LogP contribution in [0.4, 0.5) is 0 Å². The van der Waals surface area contributed by atoms with Gasteiger partial charge in [-0.15, -0.1) is 0 Å². The minimum atomic E-state index is 0.115. The lowest BCUT2D eigenvalue weighted by atomic mass is 10.3. The van der Waals surface area contributed by atoms with Gasteiger partial charge >= 0.3 is 0 Å². The van der Waals surface area contributed by atoms with Gasteiger partial charge in [0.1, 0.15) is 11.9 Å². The van der Waals surface area contributed by atoms with E-state index in [4.69, 9.17) is 9.47 Å². The Labute approximate surface area is 92.2 Å². The molecule has 0 saturated carbocycles. The largest absolute Gasteiger partial charge is 0.488 e. The van der Waals surface area contributed by atoms with Crippen molar-refractivity contribution in [2.24, 2.45) is 0 Å². The van der Waals surface area contributed by atoms with E-state index in [0.717, 1.165) is 18.8 Å². The lowest BCUT2D eigenvalue weighted by molar-refractivity contribution is 0.0572. The highest BCUT2D eigenvalue weighted by Crippen LogP contribution is 2.10. The molecule has 0 saturated heterocycles. The highest BCUT2D eigenvalue weighted by Gasteiger charge is 2.02. The lowest BCUT2D eigenvalue weighted by Crippen LogP contribution is -2.19. The Morgan fingerprint density at radius 1 is 1.20 bits per heavy atom. The van der Waals surface area contributed by atoms with Gasteiger partial charge in [0.05, 0.1) is 6.61 Å². The second kappa shape index (κ2) is 7.30. The summed E-state index contributed by atoms with van der Waals surface area (Å²) in [4.78, 5) is 0. The molecular weight excluding hydrogens is 188 g/mol. The average Bonchev–Trinajstić information content (AvgIpc) is 2.26. The minimum Gasteiger partial charge on any atom is -0.488 e. The summed E-state index contributed by atoms with van der Waals surface area (Å²) in [5.74, 6) is 0.907. The Kier molecular flexibility index (Phi) is 5.86. The Bertz CT molecular complexity index is 246. The van der Waals surface area contributed by atoms with Crippen molar-refractivity contribution in [2.45, 2.75) is 32.8 Å². The first-order chi connectivity index (χ1) is 7.33. The van der Waals surface area contributed by atoms with Gasteiger partial charge in [-0.05, 0) is 25.5 Å². The van der Waals surface area contributed by atoms with E-state index in [2.05, 4.69) is 6.92 Å². The average molecular weight is 208 g/mol. The molecule has 1 rings (SSSR count). The van der Waals surface area contributed by atoms with Crippen LogP contribution in [0.15, 0.2) is 30.3 Å². The standard InChI is InChI=1S/C13H20O2/c1-3-4-10-14-11-12(2)15-13-8-6-5-7-9-13/h5-9,12H,3-4,10-11H2,1-2H3. The van der Waals surface area contributed by atoms with Crippen LogP contribution in [0.25, 0.3) is 0 Å². The highest BCUT2D eigenvalue weighted by molar-refractivity contribution is 5.21. The van der Waals surface area contributed by atoms with Crippen molar-refractivity contribution in [1.29, 1.82) is 0 Å². The lowest BCUT2D eigenvalue weighted by Gasteiger charge is -2.14. The molecule has 0 spiro atoms. The summed E-state index contributed by atoms with van der Waals surface area (Å²) < 4.78 is 11.2. The third kappa shape index (κ3) is 5.43. The van der Waals surface area contributed by atoms with Crippen LogP contribution < -0.4 is 4.74 Å². The van der Waals surface area contributed by atoms with E-state index in [1.54, 1.807) is 0 Å². The summed E-state index contributed by atoms with van der Waals surface area (Å²) in [5, 5.41) is 0. The maximum Gasteiger partial charge on any atom is 0.119 e. The van der Waals surface area contributed by atoms with Gasteiger partial charge in [0.15, 0.2) is 0 Å². The zero-order valence-corrected chi connectivity index (χ0v) is 9.61. The molecule has 1 unspecified atom stereocenters. The van der Waals surface area contributed by atoms with Crippen molar-refractivity contribution in [3.63, 3.8) is 0 Å². The summed E-state index contributed by atoms with van der Waals surface area (Å²) in [6, 6.07) is 9.85. The number of para-hydroxylation sites is 1. The SMILES string of the molecule is CCCCOCC(C)Oc1ccccc1. The number of unbranched alkanes of at least 4 members (excludes halogenated alkanes) is 1. The fourth-order valence-electron chi connectivity index (χ4n) is 1.26. The highest BCUT2D eigenvalue weighted by atomic mass is 16.5. The fourth-order valence-corrected chi connectivity index (χ4v) is 1.26. The van der Waals surface area contributed by atoms with Gasteiger partial charge in [0.2, 0.25) is 0 Å². The van der Waals surface area contributed by atoms with Crippen LogP contribution in [0.3, 0.4) is 0 Å². The first kappa shape index (κ1) is 12.1. The second-order valence-corrected chi connectivity index (χ2v) is 3.67. The quantitative estimate of drug-likeness (QED) is 0.640. The minimum absolute atomic E-state index is 0.115. The summed E-state index contributed by atoms with van der Waals surface area (Å²) >= 11 is 0. The summed E-state index contributed by atoms with van der Waals surface area (Å²) in [6.45, 7) is 5.68. The monoisotopic (exact) mass is 208 g/mol. The number of rotatable bonds is 7. The topological polar surface area (TPSA) is 18.5 Å². The van der Waals surface area contributed by atoms with Crippen LogP contribution >= 0.6 is 0 Å². The summed E-state index contributed by atoms with van der Waals surface area (Å²) in [6.07, 6.45) is 2.41. The fraction of sp³-hybridized carbons (Fsp3) is 0.538. The number of benzene rings is 1. The molecule has 0 aliphatic carbocycles. The van der Waals surface area contributed by atoms with E-state index < -0.39 is 0 Å². The van der Waals surface area contributed by atoms with E-state index in [0.29, 0.717) is 6.61 Å². The van der Waals surface area contributed by atoms with E-state index in [1.807, 2.05) is 37.3 Å². The zero-order valence-electron chi connectivity index (χ0n) is 9.61. The van der Waals surface area contributed by atoms with E-state index in [-0.39, 0.29) is 6.10 Å². The van der Waals surface area contributed by atoms with Crippen molar-refractivity contribution >= 4 is 0 Å². The van der Waals surface area contributed by atoms with E-state index >= 15 is 0 Å². The van der Waals surface area contributed by atoms with Crippen molar-refractivity contribution in [2.75, 3.05) is 13.2 Å². The predicted molar refractivity (Wildman–Crippen MR) is 62.3 cm³/mol. The molecule has 84 valence electrons. The number of ether oxygens (including phenoxy) is 2. The van der Waals surface area contributed by atoms with Crippen LogP contribution in [0.5, 0.6) is 5.75 Å². The number of hydrogen-bond acceptors (Lipinski definition) is 2. The normalized spacial score (nSPS) is 12.4. The van der Waals surface area contributed by atoms with Crippen LogP contribution in [0.1, 0.15) is 26.7 Å². The third-order valence-corrected chi connectivity index (χ3v) is 2.08. The molecule has 0 fully saturated rings. The number of hydrogen-bond donors (Lipinski definition) is 0. The Hall–Kier alpha value is -1.02. The van der Waals surface area contributed by atoms with Crippen molar-refractivity contribution in [3.05, 3.63) is 30.3 Å². The summed E-state index contributed by atoms with van der Waals surface area (Å²) in [7, 11) is 0. The van der Waals surface area contributed by atoms with Crippen molar-refractivity contribution in [3.8, 4) is 5.75 Å². The Balaban J connectivity index is 2.16. The van der Waals surface area contributed by atoms with Crippen LogP contribution in [0.2, 0.25) is 0 Å². The Morgan fingerprint density at radius 3 is 2.60 bits per heavy atom. The predicted octanol–water partition coefficient (Wildman–Crippen LogP) is 3.27. The molecule has 0 aliphatic heterocycles. The van der Waals surface area contributed by atoms with Crippen LogP contribution in [-0.2, 0) is 4.74 Å². The molecule has 2 heteroatoms. The molecule has 15 heavy (non-hydrogen) atoms. The second-order valence-electron chi connectivity index (χ2n) is 3.67. The molecular formula is C13H20O2. The van der Waals surface area contributed by atoms with Gasteiger partial charge in [-0.25, -0.2) is 0 Å². The van der Waals surface area contributed by atoms with Gasteiger partial charge in [0, 0.05) is 6.61 Å². The molecule has 1 aromatic carbocycles. The van der Waals surface area contributed by atoms with Gasteiger partial charge in [-0.2, -0.15) is 0 Å². The maximum atomic E-state index is 5.67. The molecule has 0 bridgehead atoms. The molecule has 1 aromatic rings. The molecule has 0 N–H and O–H groups in total. The Morgan fingerprint density at radius 2 is 1.93 bits per heavy atom. The smallest absolute Gasteiger partial charge is 0.119 e. The van der Waals surface area contributed by atoms with Crippen LogP contribution in [0, 0.1) is 0 Å². The first-order valence-electron chi connectivity index (χ1n) is 5.62. The van der Waals surface area contributed by atoms with Gasteiger partial charge in [-0.3, -0.25) is 0 Å². The van der Waals surface area contributed by atoms with Crippen molar-refractivity contribution < 1.29 is 9.47 Å². The van der Waals surface area contributed by atoms with E-state index in [9.17, 15) is 0 Å². The molecule has 0 heterocycles.